The SMILES string of the molecule is CCCC1(O)CN(S(=O)(=O)c2cc(Br)ccc2OCC)C1. The summed E-state index contributed by atoms with van der Waals surface area (Å²) < 4.78 is 32.7. The Morgan fingerprint density at radius 2 is 2.05 bits per heavy atom. The van der Waals surface area contributed by atoms with Gasteiger partial charge in [0, 0.05) is 17.6 Å². The molecule has 0 atom stereocenters. The van der Waals surface area contributed by atoms with Crippen LogP contribution < -0.4 is 4.74 Å². The van der Waals surface area contributed by atoms with Crippen LogP contribution in [0.3, 0.4) is 0 Å². The van der Waals surface area contributed by atoms with Crippen LogP contribution in [-0.2, 0) is 10.0 Å². The number of benzene rings is 1. The summed E-state index contributed by atoms with van der Waals surface area (Å²) in [6, 6.07) is 4.92. The fourth-order valence-corrected chi connectivity index (χ4v) is 4.77. The molecule has 21 heavy (non-hydrogen) atoms. The molecule has 5 nitrogen and oxygen atoms in total. The van der Waals surface area contributed by atoms with E-state index >= 15 is 0 Å². The van der Waals surface area contributed by atoms with Crippen molar-refractivity contribution in [1.29, 1.82) is 0 Å². The Balaban J connectivity index is 2.27. The lowest BCUT2D eigenvalue weighted by Gasteiger charge is -2.45. The van der Waals surface area contributed by atoms with Crippen molar-refractivity contribution in [3.05, 3.63) is 22.7 Å². The summed E-state index contributed by atoms with van der Waals surface area (Å²) in [5.41, 5.74) is -0.889. The maximum Gasteiger partial charge on any atom is 0.246 e. The lowest BCUT2D eigenvalue weighted by molar-refractivity contribution is -0.0653. The summed E-state index contributed by atoms with van der Waals surface area (Å²) >= 11 is 3.29. The third-order valence-corrected chi connectivity index (χ3v) is 5.79. The zero-order valence-corrected chi connectivity index (χ0v) is 14.6. The van der Waals surface area contributed by atoms with E-state index in [1.165, 1.54) is 10.4 Å². The highest BCUT2D eigenvalue weighted by atomic mass is 79.9. The van der Waals surface area contributed by atoms with E-state index in [4.69, 9.17) is 4.74 Å². The highest BCUT2D eigenvalue weighted by Crippen LogP contribution is 2.35. The van der Waals surface area contributed by atoms with Crippen LogP contribution >= 0.6 is 15.9 Å². The van der Waals surface area contributed by atoms with Crippen molar-refractivity contribution < 1.29 is 18.3 Å². The first-order valence-electron chi connectivity index (χ1n) is 6.97. The summed E-state index contributed by atoms with van der Waals surface area (Å²) in [7, 11) is -3.65. The van der Waals surface area contributed by atoms with E-state index in [1.54, 1.807) is 12.1 Å². The molecule has 1 N–H and O–H groups in total. The van der Waals surface area contributed by atoms with Crippen molar-refractivity contribution >= 4 is 26.0 Å². The van der Waals surface area contributed by atoms with Gasteiger partial charge in [-0.1, -0.05) is 29.3 Å². The number of sulfonamides is 1. The molecule has 1 saturated heterocycles. The number of rotatable bonds is 6. The summed E-state index contributed by atoms with van der Waals surface area (Å²) in [5, 5.41) is 10.2. The van der Waals surface area contributed by atoms with E-state index in [2.05, 4.69) is 15.9 Å². The molecular weight excluding hydrogens is 358 g/mol. The smallest absolute Gasteiger partial charge is 0.246 e. The van der Waals surface area contributed by atoms with Gasteiger partial charge in [0.25, 0.3) is 0 Å². The molecule has 0 aromatic heterocycles. The second-order valence-corrected chi connectivity index (χ2v) is 8.09. The van der Waals surface area contributed by atoms with Crippen molar-refractivity contribution in [3.63, 3.8) is 0 Å². The normalized spacial score (nSPS) is 18.3. The molecule has 1 aliphatic rings. The van der Waals surface area contributed by atoms with E-state index in [1.807, 2.05) is 13.8 Å². The molecule has 0 bridgehead atoms. The zero-order valence-electron chi connectivity index (χ0n) is 12.2. The quantitative estimate of drug-likeness (QED) is 0.826. The van der Waals surface area contributed by atoms with Gasteiger partial charge in [0.05, 0.1) is 12.2 Å². The molecule has 118 valence electrons. The standard InChI is InChI=1S/C14H20BrNO4S/c1-3-7-14(17)9-16(10-14)21(18,19)13-8-11(15)5-6-12(13)20-4-2/h5-6,8,17H,3-4,7,9-10H2,1-2H3. The van der Waals surface area contributed by atoms with Gasteiger partial charge in [-0.15, -0.1) is 0 Å². The highest BCUT2D eigenvalue weighted by Gasteiger charge is 2.47. The van der Waals surface area contributed by atoms with Crippen LogP contribution in [0.15, 0.2) is 27.6 Å². The van der Waals surface area contributed by atoms with Gasteiger partial charge < -0.3 is 9.84 Å². The van der Waals surface area contributed by atoms with Crippen molar-refractivity contribution in [2.45, 2.75) is 37.2 Å². The van der Waals surface area contributed by atoms with Crippen LogP contribution in [0.25, 0.3) is 0 Å². The van der Waals surface area contributed by atoms with E-state index in [-0.39, 0.29) is 18.0 Å². The molecule has 0 aliphatic carbocycles. The minimum Gasteiger partial charge on any atom is -0.492 e. The maximum atomic E-state index is 12.7. The second-order valence-electron chi connectivity index (χ2n) is 5.27. The van der Waals surface area contributed by atoms with Gasteiger partial charge in [-0.2, -0.15) is 4.31 Å². The Morgan fingerprint density at radius 1 is 1.38 bits per heavy atom. The van der Waals surface area contributed by atoms with Gasteiger partial charge in [-0.3, -0.25) is 0 Å². The van der Waals surface area contributed by atoms with E-state index in [9.17, 15) is 13.5 Å². The molecule has 2 rings (SSSR count). The summed E-state index contributed by atoms with van der Waals surface area (Å²) in [6.45, 7) is 4.45. The minimum absolute atomic E-state index is 0.136. The van der Waals surface area contributed by atoms with Gasteiger partial charge in [-0.25, -0.2) is 8.42 Å². The summed E-state index contributed by atoms with van der Waals surface area (Å²) in [4.78, 5) is 0.136. The molecule has 1 aromatic carbocycles. The van der Waals surface area contributed by atoms with Crippen LogP contribution in [0.5, 0.6) is 5.75 Å². The van der Waals surface area contributed by atoms with Crippen molar-refractivity contribution in [2.24, 2.45) is 0 Å². The third-order valence-electron chi connectivity index (χ3n) is 3.48. The predicted molar refractivity (Wildman–Crippen MR) is 83.9 cm³/mol. The number of β-amino-alcohol motifs (C(OH)–C–C–N with tert-alkyl or cyclic N) is 1. The molecule has 1 fully saturated rings. The number of halogens is 1. The first kappa shape index (κ1) is 16.7. The van der Waals surface area contributed by atoms with Crippen molar-refractivity contribution in [2.75, 3.05) is 19.7 Å². The van der Waals surface area contributed by atoms with Gasteiger partial charge >= 0.3 is 0 Å². The average Bonchev–Trinajstić information content (AvgIpc) is 2.38. The van der Waals surface area contributed by atoms with E-state index in [0.29, 0.717) is 23.2 Å². The van der Waals surface area contributed by atoms with Gasteiger partial charge in [0.1, 0.15) is 10.6 Å². The highest BCUT2D eigenvalue weighted by molar-refractivity contribution is 9.10. The number of aliphatic hydroxyl groups is 1. The summed E-state index contributed by atoms with van der Waals surface area (Å²) in [6.07, 6.45) is 1.43. The number of hydrogen-bond donors (Lipinski definition) is 1. The molecular formula is C14H20BrNO4S. The molecule has 0 spiro atoms. The lowest BCUT2D eigenvalue weighted by atomic mass is 9.92. The van der Waals surface area contributed by atoms with Gasteiger partial charge in [0.2, 0.25) is 10.0 Å². The van der Waals surface area contributed by atoms with Crippen LogP contribution in [0, 0.1) is 0 Å². The van der Waals surface area contributed by atoms with Gasteiger partial charge in [0.15, 0.2) is 0 Å². The van der Waals surface area contributed by atoms with Crippen LogP contribution in [0.1, 0.15) is 26.7 Å². The average molecular weight is 378 g/mol. The first-order valence-corrected chi connectivity index (χ1v) is 9.20. The predicted octanol–water partition coefficient (Wildman–Crippen LogP) is 2.38. The molecule has 7 heteroatoms. The molecule has 0 saturated carbocycles. The number of hydrogen-bond acceptors (Lipinski definition) is 4. The molecule has 0 amide bonds. The Labute approximate surface area is 134 Å². The molecule has 0 unspecified atom stereocenters. The zero-order chi connectivity index (χ0) is 15.7. The fourth-order valence-electron chi connectivity index (χ4n) is 2.50. The first-order chi connectivity index (χ1) is 9.82. The largest absolute Gasteiger partial charge is 0.492 e. The van der Waals surface area contributed by atoms with Crippen LogP contribution in [-0.4, -0.2) is 43.1 Å². The Bertz CT molecular complexity index is 611. The Kier molecular flexibility index (Phi) is 4.97. The maximum absolute atomic E-state index is 12.7. The Morgan fingerprint density at radius 3 is 2.62 bits per heavy atom. The molecule has 0 radical (unpaired) electrons. The van der Waals surface area contributed by atoms with E-state index < -0.39 is 15.6 Å². The van der Waals surface area contributed by atoms with Gasteiger partial charge in [-0.05, 0) is 31.5 Å². The van der Waals surface area contributed by atoms with Crippen molar-refractivity contribution in [1.82, 2.24) is 4.31 Å². The monoisotopic (exact) mass is 377 g/mol. The third kappa shape index (κ3) is 3.41. The lowest BCUT2D eigenvalue weighted by Crippen LogP contribution is -2.63. The Hall–Kier alpha value is -0.630. The summed E-state index contributed by atoms with van der Waals surface area (Å²) in [5.74, 6) is 0.339. The molecule has 1 heterocycles. The topological polar surface area (TPSA) is 66.8 Å². The molecule has 1 aromatic rings. The van der Waals surface area contributed by atoms with Crippen molar-refractivity contribution in [3.8, 4) is 5.75 Å². The van der Waals surface area contributed by atoms with Crippen LogP contribution in [0.4, 0.5) is 0 Å². The number of nitrogens with zero attached hydrogens (tertiary/aromatic N) is 1. The van der Waals surface area contributed by atoms with Crippen LogP contribution in [0.2, 0.25) is 0 Å². The minimum atomic E-state index is -3.65. The fraction of sp³-hybridized carbons (Fsp3) is 0.571. The number of ether oxygens (including phenoxy) is 1. The second kappa shape index (κ2) is 6.24. The van der Waals surface area contributed by atoms with E-state index in [0.717, 1.165) is 6.42 Å². The molecule has 1 aliphatic heterocycles.